The molecule has 0 aromatic rings. The zero-order chi connectivity index (χ0) is 23.8. The Balaban J connectivity index is 0.000000270. The zero-order valence-electron chi connectivity index (χ0n) is 21.9. The van der Waals surface area contributed by atoms with Gasteiger partial charge in [0.2, 0.25) is 0 Å². The monoisotopic (exact) mass is 596 g/mol. The SMILES string of the molecule is C.C1=CC[C]([Zr][C]2=CC=CC2)=C1.CC1=C(C)C(C)(C)[C]([Zr][C]2=C(C)C(C)=C(C)C2(C)C)=C1C. The second kappa shape index (κ2) is 11.2. The summed E-state index contributed by atoms with van der Waals surface area (Å²) in [7, 11) is 0. The van der Waals surface area contributed by atoms with Crippen molar-refractivity contribution in [2.45, 2.75) is 89.5 Å². The fourth-order valence-corrected chi connectivity index (χ4v) is 13.0. The van der Waals surface area contributed by atoms with E-state index in [-0.39, 0.29) is 41.5 Å². The van der Waals surface area contributed by atoms with Gasteiger partial charge in [-0.3, -0.25) is 0 Å². The predicted octanol–water partition coefficient (Wildman–Crippen LogP) is 9.76. The summed E-state index contributed by atoms with van der Waals surface area (Å²) in [5.74, 6) is 0. The molecule has 0 unspecified atom stereocenters. The van der Waals surface area contributed by atoms with Crippen LogP contribution in [0.1, 0.15) is 89.5 Å². The van der Waals surface area contributed by atoms with Crippen molar-refractivity contribution in [2.24, 2.45) is 10.8 Å². The zero-order valence-corrected chi connectivity index (χ0v) is 26.8. The van der Waals surface area contributed by atoms with Gasteiger partial charge >= 0.3 is 222 Å². The first-order valence-electron chi connectivity index (χ1n) is 11.9. The van der Waals surface area contributed by atoms with Gasteiger partial charge in [0.1, 0.15) is 0 Å². The van der Waals surface area contributed by atoms with Crippen LogP contribution in [0.15, 0.2) is 83.0 Å². The molecular formula is C31H44Zr2. The minimum absolute atomic E-state index is 0. The molecule has 0 spiro atoms. The van der Waals surface area contributed by atoms with E-state index in [9.17, 15) is 0 Å². The summed E-state index contributed by atoms with van der Waals surface area (Å²) < 4.78 is 7.05. The molecule has 0 atom stereocenters. The van der Waals surface area contributed by atoms with Crippen molar-refractivity contribution < 1.29 is 46.5 Å². The molecular weight excluding hydrogens is 555 g/mol. The van der Waals surface area contributed by atoms with Gasteiger partial charge in [0.05, 0.1) is 0 Å². The molecule has 0 N–H and O–H groups in total. The van der Waals surface area contributed by atoms with Crippen molar-refractivity contribution in [1.29, 1.82) is 0 Å². The molecule has 0 saturated heterocycles. The third-order valence-corrected chi connectivity index (χ3v) is 17.8. The summed E-state index contributed by atoms with van der Waals surface area (Å²) in [6.45, 7) is 23.7. The summed E-state index contributed by atoms with van der Waals surface area (Å²) in [4.78, 5) is 0. The van der Waals surface area contributed by atoms with Crippen LogP contribution in [0.25, 0.3) is 0 Å². The van der Waals surface area contributed by atoms with E-state index in [0.29, 0.717) is 0 Å². The van der Waals surface area contributed by atoms with Crippen molar-refractivity contribution in [3.63, 3.8) is 0 Å². The Morgan fingerprint density at radius 3 is 1.18 bits per heavy atom. The van der Waals surface area contributed by atoms with Gasteiger partial charge in [-0.1, -0.05) is 7.43 Å². The molecule has 176 valence electrons. The average molecular weight is 599 g/mol. The standard InChI is InChI=1S/2C10H15.2C5H5.CH4.2Zr/c2*1-7-6-10(4,5)9(3)8(7)2;2*1-2-4-5-3-1;;;/h2*1-5H3;2*1-3H,4H2;1H4;;. The van der Waals surface area contributed by atoms with Crippen molar-refractivity contribution in [1.82, 2.24) is 0 Å². The Morgan fingerprint density at radius 1 is 0.576 bits per heavy atom. The number of rotatable bonds is 4. The molecule has 4 rings (SSSR count). The summed E-state index contributed by atoms with van der Waals surface area (Å²) in [5.41, 5.74) is 10.0. The Labute approximate surface area is 228 Å². The fourth-order valence-electron chi connectivity index (χ4n) is 5.10. The van der Waals surface area contributed by atoms with Crippen molar-refractivity contribution in [2.75, 3.05) is 0 Å². The van der Waals surface area contributed by atoms with E-state index in [1.165, 1.54) is 12.8 Å². The third-order valence-electron chi connectivity index (χ3n) is 8.24. The van der Waals surface area contributed by atoms with E-state index >= 15 is 0 Å². The number of hydrogen-bond donors (Lipinski definition) is 0. The Kier molecular flexibility index (Phi) is 9.79. The quantitative estimate of drug-likeness (QED) is 0.302. The average Bonchev–Trinajstić information content (AvgIpc) is 3.50. The first-order chi connectivity index (χ1) is 14.9. The first kappa shape index (κ1) is 28.9. The van der Waals surface area contributed by atoms with Crippen LogP contribution in [0.3, 0.4) is 0 Å². The maximum atomic E-state index is 2.43. The van der Waals surface area contributed by atoms with Gasteiger partial charge < -0.3 is 0 Å². The van der Waals surface area contributed by atoms with Crippen LogP contribution < -0.4 is 0 Å². The maximum absolute atomic E-state index is 2.43. The van der Waals surface area contributed by atoms with Crippen LogP contribution in [0, 0.1) is 10.8 Å². The van der Waals surface area contributed by atoms with Crippen LogP contribution in [-0.4, -0.2) is 0 Å². The molecule has 0 aromatic carbocycles. The molecule has 0 radical (unpaired) electrons. The van der Waals surface area contributed by atoms with Gasteiger partial charge in [-0.2, -0.15) is 0 Å². The molecule has 33 heavy (non-hydrogen) atoms. The van der Waals surface area contributed by atoms with Crippen LogP contribution in [0.4, 0.5) is 0 Å². The summed E-state index contributed by atoms with van der Waals surface area (Å²) >= 11 is -1.04. The third kappa shape index (κ3) is 5.75. The number of allylic oxidation sites excluding steroid dienone is 16. The van der Waals surface area contributed by atoms with Gasteiger partial charge in [0.15, 0.2) is 0 Å². The molecule has 4 aliphatic rings. The van der Waals surface area contributed by atoms with Crippen LogP contribution in [0.5, 0.6) is 0 Å². The second-order valence-corrected chi connectivity index (χ2v) is 17.5. The molecule has 4 aliphatic carbocycles. The second-order valence-electron chi connectivity index (χ2n) is 10.6. The molecule has 2 heteroatoms. The summed E-state index contributed by atoms with van der Waals surface area (Å²) in [5, 5.41) is 0. The van der Waals surface area contributed by atoms with Crippen molar-refractivity contribution >= 4 is 0 Å². The molecule has 0 amide bonds. The Morgan fingerprint density at radius 2 is 0.939 bits per heavy atom. The molecule has 0 aromatic heterocycles. The van der Waals surface area contributed by atoms with E-state index < -0.39 is 23.2 Å². The fraction of sp³-hybridized carbons (Fsp3) is 0.484. The molecule has 0 saturated carbocycles. The van der Waals surface area contributed by atoms with E-state index in [0.717, 1.165) is 0 Å². The topological polar surface area (TPSA) is 0 Å². The molecule has 0 heterocycles. The molecule has 0 bridgehead atoms. The van der Waals surface area contributed by atoms with Gasteiger partial charge in [-0.05, 0) is 0 Å². The number of hydrogen-bond acceptors (Lipinski definition) is 0. The van der Waals surface area contributed by atoms with E-state index in [2.05, 4.69) is 106 Å². The molecule has 0 fully saturated rings. The predicted molar refractivity (Wildman–Crippen MR) is 140 cm³/mol. The minimum atomic E-state index is -0.730. The Bertz CT molecular complexity index is 972. The first-order valence-corrected chi connectivity index (χ1v) is 16.9. The van der Waals surface area contributed by atoms with Crippen LogP contribution in [0.2, 0.25) is 0 Å². The Hall–Kier alpha value is -0.314. The van der Waals surface area contributed by atoms with E-state index in [1.54, 1.807) is 46.6 Å². The normalized spacial score (nSPS) is 22.5. The van der Waals surface area contributed by atoms with E-state index in [4.69, 9.17) is 0 Å². The van der Waals surface area contributed by atoms with E-state index in [1.807, 2.05) is 0 Å². The van der Waals surface area contributed by atoms with Gasteiger partial charge in [-0.25, -0.2) is 0 Å². The van der Waals surface area contributed by atoms with Crippen LogP contribution >= 0.6 is 0 Å². The summed E-state index contributed by atoms with van der Waals surface area (Å²) in [6, 6.07) is 0. The van der Waals surface area contributed by atoms with Gasteiger partial charge in [-0.15, -0.1) is 0 Å². The van der Waals surface area contributed by atoms with Crippen molar-refractivity contribution in [3.05, 3.63) is 83.0 Å². The van der Waals surface area contributed by atoms with Crippen LogP contribution in [-0.2, 0) is 46.5 Å². The van der Waals surface area contributed by atoms with Gasteiger partial charge in [0, 0.05) is 0 Å². The van der Waals surface area contributed by atoms with Crippen molar-refractivity contribution in [3.8, 4) is 0 Å². The molecule has 0 nitrogen and oxygen atoms in total. The van der Waals surface area contributed by atoms with Gasteiger partial charge in [0.25, 0.3) is 0 Å². The molecule has 0 aliphatic heterocycles. The summed E-state index contributed by atoms with van der Waals surface area (Å²) in [6.07, 6.45) is 16.0.